The fourth-order valence-corrected chi connectivity index (χ4v) is 19.8. The molecule has 0 saturated carbocycles. The van der Waals surface area contributed by atoms with E-state index in [0.717, 1.165) is 33.6 Å². The van der Waals surface area contributed by atoms with E-state index in [2.05, 4.69) is 454 Å². The van der Waals surface area contributed by atoms with Crippen LogP contribution in [0.4, 0.5) is 0 Å². The average Bonchev–Trinajstić information content (AvgIpc) is 1.51. The smallest absolute Gasteiger partial charge is 0.0686 e. The fraction of sp³-hybridized carbons (Fsp3) is 0.345. The van der Waals surface area contributed by atoms with Crippen molar-refractivity contribution in [1.29, 1.82) is 0 Å². The Morgan fingerprint density at radius 1 is 0.292 bits per heavy atom. The molecular weight excluding hydrogens is 1820 g/mol. The average molecular weight is 1940 g/mol. The van der Waals surface area contributed by atoms with E-state index in [4.69, 9.17) is 10.2 Å². The summed E-state index contributed by atoms with van der Waals surface area (Å²) in [5.74, 6) is 0. The van der Waals surface area contributed by atoms with Crippen molar-refractivity contribution in [3.05, 3.63) is 379 Å². The second kappa shape index (κ2) is 29.2. The van der Waals surface area contributed by atoms with E-state index < -0.39 is 21.9 Å². The van der Waals surface area contributed by atoms with Gasteiger partial charge in [-0.2, -0.15) is 74.3 Å². The number of hydrogen-bond donors (Lipinski definition) is 0. The van der Waals surface area contributed by atoms with Gasteiger partial charge in [0, 0.05) is 59.1 Å². The molecule has 624 valence electrons. The van der Waals surface area contributed by atoms with Crippen LogP contribution in [-0.4, -0.2) is 43.9 Å². The minimum absolute atomic E-state index is 0. The maximum absolute atomic E-state index is 4.95. The van der Waals surface area contributed by atoms with Gasteiger partial charge >= 0.3 is 0 Å². The Morgan fingerprint density at radius 2 is 0.558 bits per heavy atom. The summed E-state index contributed by atoms with van der Waals surface area (Å²) in [5.41, 5.74) is 34.1. The molecule has 0 saturated heterocycles. The Labute approximate surface area is 745 Å². The van der Waals surface area contributed by atoms with Crippen LogP contribution in [0.15, 0.2) is 231 Å². The van der Waals surface area contributed by atoms with Crippen molar-refractivity contribution in [2.24, 2.45) is 0 Å². The van der Waals surface area contributed by atoms with E-state index in [-0.39, 0.29) is 85.5 Å². The van der Waals surface area contributed by atoms with Crippen LogP contribution in [0.25, 0.3) is 44.5 Å². The molecule has 10 aromatic carbocycles. The first-order chi connectivity index (χ1) is 55.3. The molecule has 0 unspecified atom stereocenters. The molecule has 0 spiro atoms. The van der Waals surface area contributed by atoms with Gasteiger partial charge in [0.1, 0.15) is 0 Å². The summed E-state index contributed by atoms with van der Waals surface area (Å²) in [6.45, 7) is 59.8. The number of benzene rings is 10. The van der Waals surface area contributed by atoms with E-state index in [9.17, 15) is 0 Å². The van der Waals surface area contributed by atoms with Crippen LogP contribution in [0, 0.1) is 25.5 Å². The molecule has 0 amide bonds. The van der Waals surface area contributed by atoms with Crippen molar-refractivity contribution >= 4 is 0 Å². The second-order valence-corrected chi connectivity index (χ2v) is 42.8. The van der Waals surface area contributed by atoms with Gasteiger partial charge in [0.2, 0.25) is 0 Å². The molecule has 2 aromatic heterocycles. The summed E-state index contributed by atoms with van der Waals surface area (Å²) in [5, 5.41) is 18.8. The first kappa shape index (κ1) is 85.6. The van der Waals surface area contributed by atoms with Gasteiger partial charge < -0.3 is 40.0 Å². The molecule has 4 heterocycles. The van der Waals surface area contributed by atoms with Gasteiger partial charge in [0.15, 0.2) is 0 Å². The maximum Gasteiger partial charge on any atom is 0.0686 e. The fourth-order valence-electron chi connectivity index (χ4n) is 19.8. The summed E-state index contributed by atoms with van der Waals surface area (Å²) < 4.78 is 0. The van der Waals surface area contributed by atoms with Crippen molar-refractivity contribution in [1.82, 2.24) is 40.0 Å². The number of nitrogens with zero attached hydrogens (tertiary/aromatic N) is 8. The minimum Gasteiger partial charge on any atom is -0.581 e. The molecule has 2 aliphatic heterocycles. The molecule has 12 aromatic rings. The molecule has 0 N–H and O–H groups in total. The van der Waals surface area contributed by atoms with Crippen molar-refractivity contribution in [2.45, 2.75) is 231 Å². The summed E-state index contributed by atoms with van der Waals surface area (Å²) in [6.07, 6.45) is 12.4. The third-order valence-corrected chi connectivity index (χ3v) is 26.7. The maximum atomic E-state index is 4.95. The normalized spacial score (nSPS) is 16.4. The summed E-state index contributed by atoms with van der Waals surface area (Å²) >= 11 is 0. The van der Waals surface area contributed by atoms with E-state index in [1.165, 1.54) is 134 Å². The summed E-state index contributed by atoms with van der Waals surface area (Å²) in [6, 6.07) is 83.5. The largest absolute Gasteiger partial charge is 0.581 e. The quantitative estimate of drug-likeness (QED) is 0.139. The van der Waals surface area contributed by atoms with Gasteiger partial charge in [-0.1, -0.05) is 324 Å². The Balaban J connectivity index is 0.000000184. The zero-order valence-electron chi connectivity index (χ0n) is 75.3. The molecule has 6 aliphatic rings. The molecule has 10 heteroatoms. The zero-order valence-corrected chi connectivity index (χ0v) is 79.8. The molecule has 0 fully saturated rings. The molecule has 120 heavy (non-hydrogen) atoms. The van der Waals surface area contributed by atoms with Crippen LogP contribution in [0.5, 0.6) is 0 Å². The summed E-state index contributed by atoms with van der Waals surface area (Å²) in [7, 11) is 4.22. The number of hydrogen-bond acceptors (Lipinski definition) is 6. The Hall–Kier alpha value is -9.32. The number of rotatable bonds is 8. The molecule has 8 nitrogen and oxygen atoms in total. The van der Waals surface area contributed by atoms with Crippen molar-refractivity contribution in [2.75, 3.05) is 14.1 Å². The van der Waals surface area contributed by atoms with E-state index in [0.29, 0.717) is 0 Å². The Bertz CT molecular complexity index is 5780. The van der Waals surface area contributed by atoms with E-state index in [1.807, 2.05) is 12.4 Å². The van der Waals surface area contributed by atoms with Crippen LogP contribution < -0.4 is 10.2 Å². The molecule has 0 radical (unpaired) electrons. The zero-order chi connectivity index (χ0) is 84.2. The van der Waals surface area contributed by atoms with Gasteiger partial charge in [-0.3, -0.25) is 0 Å². The molecule has 0 atom stereocenters. The van der Waals surface area contributed by atoms with Crippen LogP contribution in [-0.2, 0) is 107 Å². The predicted molar refractivity (Wildman–Crippen MR) is 487 cm³/mol. The monoisotopic (exact) mass is 1940 g/mol. The van der Waals surface area contributed by atoms with Gasteiger partial charge in [-0.05, 0) is 216 Å². The molecule has 0 bridgehead atoms. The standard InChI is InChI=1S/2C55H59N4.2Pt/c1-50(2,3)37-18-22-45-41(30-37)42-31-38(51(4,5)6)19-23-46(42)54(45,49-26-27-56-57-49)35-14-16-36(17-15-35)55(59-29-28-58(13)34-59)47-24-20-39(52(7,8)9)32-43(47)44-33-40(53(10,11)12)21-25-48(44)55;1-50(2,3)35-17-21-45-41(30-35)42-31-36(51(4,5)6)18-22-46(42)54(45,49-25-26-56-57-49)39-15-14-16-40(29-39)55(59-28-27-58(13)34-59)47-23-19-37(52(7,8)9)32-43(47)44-33-38(53(10,11)12)20-24-48(44)55;;/h14,16-34H,1-13H3;14-28,30-34H,1-13H3;;/q2*-3;;. The van der Waals surface area contributed by atoms with Gasteiger partial charge in [-0.15, -0.1) is 22.3 Å². The van der Waals surface area contributed by atoms with Crippen molar-refractivity contribution < 1.29 is 42.1 Å². The van der Waals surface area contributed by atoms with Crippen LogP contribution in [0.1, 0.15) is 289 Å². The first-order valence-corrected chi connectivity index (χ1v) is 42.6. The molecular formula is C110H118N8Pt2-6. The Kier molecular flexibility index (Phi) is 20.8. The van der Waals surface area contributed by atoms with Crippen LogP contribution in [0.2, 0.25) is 0 Å². The van der Waals surface area contributed by atoms with Crippen molar-refractivity contribution in [3.8, 4) is 44.5 Å². The topological polar surface area (TPSA) is 66.9 Å². The minimum atomic E-state index is -0.747. The molecule has 4 aliphatic carbocycles. The van der Waals surface area contributed by atoms with Gasteiger partial charge in [-0.25, -0.2) is 0 Å². The summed E-state index contributed by atoms with van der Waals surface area (Å²) in [4.78, 5) is 9.13. The van der Waals surface area contributed by atoms with E-state index in [1.54, 1.807) is 0 Å². The van der Waals surface area contributed by atoms with Crippen LogP contribution >= 0.6 is 0 Å². The third kappa shape index (κ3) is 13.4. The predicted octanol–water partition coefficient (Wildman–Crippen LogP) is 25.0. The Morgan fingerprint density at radius 3 is 0.817 bits per heavy atom. The van der Waals surface area contributed by atoms with E-state index >= 15 is 0 Å². The van der Waals surface area contributed by atoms with Crippen molar-refractivity contribution in [3.63, 3.8) is 0 Å². The first-order valence-electron chi connectivity index (χ1n) is 42.6. The van der Waals surface area contributed by atoms with Gasteiger partial charge in [0.05, 0.1) is 16.4 Å². The van der Waals surface area contributed by atoms with Gasteiger partial charge in [0.25, 0.3) is 0 Å². The number of fused-ring (bicyclic) bond motifs is 12. The second-order valence-electron chi connectivity index (χ2n) is 42.8. The van der Waals surface area contributed by atoms with Crippen LogP contribution in [0.3, 0.4) is 0 Å². The molecule has 18 rings (SSSR count). The SMILES string of the molecule is CN1C=CN(C2(c3[c-]c(C4(c5cc[n-]n5)c5ccc(C(C)(C)C)cc5-c5cc(C(C)(C)C)ccc54)ccc3)c3ccc(C(C)(C)C)cc3-c3cc(C(C)(C)C)ccc32)[CH-]1.CN1C=CN(C2(c3c[c-]c(C4(c5cc[n-]n5)c5ccc(C(C)(C)C)cc5-c5cc(C(C)(C)C)ccc54)cc3)c3ccc(C(C)(C)C)cc3-c3cc(C(C)(C)C)ccc32)[CH-]1.[Pt].[Pt]. The number of aromatic nitrogens is 4. The third-order valence-electron chi connectivity index (χ3n) is 26.7.